The van der Waals surface area contributed by atoms with E-state index in [9.17, 15) is 29.1 Å². The van der Waals surface area contributed by atoms with Gasteiger partial charge in [0.1, 0.15) is 17.8 Å². The number of nitrogens with zero attached hydrogens (tertiary/aromatic N) is 9. The van der Waals surface area contributed by atoms with Crippen LogP contribution in [0.4, 0.5) is 23.0 Å². The summed E-state index contributed by atoms with van der Waals surface area (Å²) in [7, 11) is 13.3. The molecule has 84 heavy (non-hydrogen) atoms. The molecule has 7 rings (SSSR count). The maximum absolute atomic E-state index is 14.1. The first-order valence-electron chi connectivity index (χ1n) is 28.8. The number of β-amino-alcohol motifs (C(OH)–C–C–N with tert-alkyl or cyclic N) is 1. The van der Waals surface area contributed by atoms with Gasteiger partial charge in [-0.25, -0.2) is 15.0 Å². The van der Waals surface area contributed by atoms with Crippen LogP contribution in [0.5, 0.6) is 5.75 Å². The lowest BCUT2D eigenvalue weighted by molar-refractivity contribution is -0.144. The minimum atomic E-state index is -0.910. The molecule has 0 unspecified atom stereocenters. The van der Waals surface area contributed by atoms with Crippen molar-refractivity contribution in [1.29, 1.82) is 0 Å². The highest BCUT2D eigenvalue weighted by Crippen LogP contribution is 2.39. The van der Waals surface area contributed by atoms with E-state index in [4.69, 9.17) is 9.72 Å². The topological polar surface area (TPSA) is 223 Å². The number of aryl methyl sites for hydroxylation is 2. The van der Waals surface area contributed by atoms with Crippen molar-refractivity contribution in [3.8, 4) is 27.4 Å². The van der Waals surface area contributed by atoms with E-state index in [-0.39, 0.29) is 49.6 Å². The standard InChI is InChI=1S/C63H85N13O7S/c1-42-58(84-41-66-42)44-26-24-43(25-27-44)38-65-60(81)53-35-45(77)39-76(53)61(82)59(63(2,3)4)70-56(79)21-14-12-13-15-23-57(80)74(9)34-32-72(7)30-18-22-55(78)67-49-36-50(54(83-11)37-52(49)73(8)33-31-71(5)6)69-62-64-29-28-48(68-62)47-40-75(10)51-20-17-16-19-46(47)51/h16-20,22,24-29,36-37,40-41,45,53,59,77H,12-15,21,23,30-35,38-39H2,1-11H3,(H,65,81)(H,67,78)(H,70,79)(H,64,68,69)/b22-18+/t45-,53+,59-/m1/s1. The van der Waals surface area contributed by atoms with E-state index in [1.165, 1.54) is 11.0 Å². The fourth-order valence-corrected chi connectivity index (χ4v) is 10.9. The van der Waals surface area contributed by atoms with Crippen LogP contribution in [0.15, 0.2) is 96.8 Å². The average molecular weight is 1170 g/mol. The summed E-state index contributed by atoms with van der Waals surface area (Å²) in [5.74, 6) is -0.381. The molecule has 0 bridgehead atoms. The zero-order chi connectivity index (χ0) is 60.7. The molecular weight excluding hydrogens is 1080 g/mol. The predicted octanol–water partition coefficient (Wildman–Crippen LogP) is 7.85. The SMILES string of the molecule is COc1cc(N(C)CCN(C)C)c(NC(=O)/C=C/CN(C)CCN(C)C(=O)CCCCCCC(=O)N[C@H](C(=O)N2C[C@H](O)C[C@H]2C(=O)NCc2ccc(-c3scnc3C)cc2)C(C)(C)C)cc1Nc1nccc(-c2cn(C)c3ccccc23)n1. The molecule has 3 atom stereocenters. The Balaban J connectivity index is 0.827. The second kappa shape index (κ2) is 29.7. The van der Waals surface area contributed by atoms with Crippen LogP contribution in [0.3, 0.4) is 0 Å². The maximum Gasteiger partial charge on any atom is 0.248 e. The first kappa shape index (κ1) is 63.9. The van der Waals surface area contributed by atoms with Crippen LogP contribution in [0, 0.1) is 12.3 Å². The molecule has 450 valence electrons. The van der Waals surface area contributed by atoms with E-state index in [2.05, 4.69) is 63.9 Å². The van der Waals surface area contributed by atoms with Crippen LogP contribution >= 0.6 is 11.3 Å². The molecule has 1 aliphatic heterocycles. The number of benzene rings is 3. The number of amides is 5. The molecule has 1 fully saturated rings. The molecule has 5 amide bonds. The molecule has 1 aliphatic rings. The first-order valence-corrected chi connectivity index (χ1v) is 29.7. The number of fused-ring (bicyclic) bond motifs is 1. The number of anilines is 4. The van der Waals surface area contributed by atoms with Gasteiger partial charge in [-0.05, 0) is 75.6 Å². The number of hydrogen-bond donors (Lipinski definition) is 5. The first-order chi connectivity index (χ1) is 40.1. The molecular formula is C63H85N13O7S. The van der Waals surface area contributed by atoms with Crippen molar-refractivity contribution in [2.45, 2.75) is 97.4 Å². The Hall–Kier alpha value is -7.72. The van der Waals surface area contributed by atoms with Crippen molar-refractivity contribution in [1.82, 2.24) is 49.8 Å². The Morgan fingerprint density at radius 2 is 1.63 bits per heavy atom. The Morgan fingerprint density at radius 1 is 0.893 bits per heavy atom. The highest BCUT2D eigenvalue weighted by Gasteiger charge is 2.44. The molecule has 3 aromatic carbocycles. The van der Waals surface area contributed by atoms with Crippen molar-refractivity contribution in [3.63, 3.8) is 0 Å². The zero-order valence-corrected chi connectivity index (χ0v) is 51.5. The molecule has 0 radical (unpaired) electrons. The van der Waals surface area contributed by atoms with Crippen LogP contribution in [0.25, 0.3) is 32.6 Å². The van der Waals surface area contributed by atoms with Crippen molar-refractivity contribution >= 4 is 74.8 Å². The van der Waals surface area contributed by atoms with E-state index in [0.717, 1.165) is 68.9 Å². The van der Waals surface area contributed by atoms with Crippen LogP contribution in [-0.4, -0.2) is 174 Å². The molecule has 1 saturated heterocycles. The fraction of sp³-hybridized carbons (Fsp3) is 0.460. The van der Waals surface area contributed by atoms with E-state index in [0.29, 0.717) is 68.5 Å². The largest absolute Gasteiger partial charge is 0.494 e. The molecule has 0 saturated carbocycles. The summed E-state index contributed by atoms with van der Waals surface area (Å²) in [6.07, 6.45) is 9.66. The fourth-order valence-electron chi connectivity index (χ4n) is 10.1. The number of carbonyl (C=O) groups is 5. The van der Waals surface area contributed by atoms with Crippen LogP contribution < -0.4 is 30.9 Å². The molecule has 0 aliphatic carbocycles. The lowest BCUT2D eigenvalue weighted by Gasteiger charge is -2.35. The predicted molar refractivity (Wildman–Crippen MR) is 334 cm³/mol. The Kier molecular flexibility index (Phi) is 22.6. The van der Waals surface area contributed by atoms with Gasteiger partial charge in [0.05, 0.1) is 52.1 Å². The summed E-state index contributed by atoms with van der Waals surface area (Å²) in [6, 6.07) is 19.9. The number of carbonyl (C=O) groups excluding carboxylic acids is 5. The minimum Gasteiger partial charge on any atom is -0.494 e. The quantitative estimate of drug-likeness (QED) is 0.0233. The summed E-state index contributed by atoms with van der Waals surface area (Å²) in [4.78, 5) is 91.8. The average Bonchev–Trinajstić information content (AvgIpc) is 3.18. The van der Waals surface area contributed by atoms with Crippen molar-refractivity contribution in [2.24, 2.45) is 12.5 Å². The summed E-state index contributed by atoms with van der Waals surface area (Å²) in [5.41, 5.74) is 8.83. The third-order valence-corrected chi connectivity index (χ3v) is 16.1. The van der Waals surface area contributed by atoms with Crippen molar-refractivity contribution < 1.29 is 33.8 Å². The van der Waals surface area contributed by atoms with E-state index in [1.807, 2.05) is 128 Å². The third kappa shape index (κ3) is 17.4. The monoisotopic (exact) mass is 1170 g/mol. The van der Waals surface area contributed by atoms with Gasteiger partial charge in [-0.15, -0.1) is 11.3 Å². The van der Waals surface area contributed by atoms with Crippen LogP contribution in [0.1, 0.15) is 77.0 Å². The van der Waals surface area contributed by atoms with Crippen molar-refractivity contribution in [3.05, 3.63) is 108 Å². The van der Waals surface area contributed by atoms with E-state index < -0.39 is 29.5 Å². The molecule has 6 aromatic rings. The lowest BCUT2D eigenvalue weighted by Crippen LogP contribution is -2.57. The molecule has 0 spiro atoms. The Bertz CT molecular complexity index is 3240. The van der Waals surface area contributed by atoms with Gasteiger partial charge in [-0.2, -0.15) is 0 Å². The number of hydrogen-bond acceptors (Lipinski definition) is 15. The number of likely N-dealkylation sites (N-methyl/N-ethyl adjacent to an activating group) is 4. The van der Waals surface area contributed by atoms with E-state index >= 15 is 0 Å². The van der Waals surface area contributed by atoms with E-state index in [1.54, 1.807) is 42.7 Å². The number of aromatic nitrogens is 4. The highest BCUT2D eigenvalue weighted by molar-refractivity contribution is 7.13. The minimum absolute atomic E-state index is 0.00209. The van der Waals surface area contributed by atoms with Gasteiger partial charge in [0, 0.05) is 127 Å². The van der Waals surface area contributed by atoms with Crippen LogP contribution in [0.2, 0.25) is 0 Å². The number of rotatable bonds is 28. The molecule has 5 N–H and O–H groups in total. The van der Waals surface area contributed by atoms with Crippen molar-refractivity contribution in [2.75, 3.05) is 97.2 Å². The molecule has 3 aromatic heterocycles. The number of unbranched alkanes of at least 4 members (excludes halogenated alkanes) is 3. The smallest absolute Gasteiger partial charge is 0.248 e. The van der Waals surface area contributed by atoms with Gasteiger partial charge < -0.3 is 60.2 Å². The number of methoxy groups -OCH3 is 1. The Morgan fingerprint density at radius 3 is 2.33 bits per heavy atom. The summed E-state index contributed by atoms with van der Waals surface area (Å²) in [5, 5.41) is 24.1. The molecule has 21 heteroatoms. The Labute approximate surface area is 498 Å². The summed E-state index contributed by atoms with van der Waals surface area (Å²) < 4.78 is 7.95. The number of para-hydroxylation sites is 1. The van der Waals surface area contributed by atoms with Gasteiger partial charge in [0.15, 0.2) is 0 Å². The third-order valence-electron chi connectivity index (χ3n) is 15.1. The number of aliphatic hydroxyl groups excluding tert-OH is 1. The maximum atomic E-state index is 14.1. The van der Waals surface area contributed by atoms with Gasteiger partial charge in [0.2, 0.25) is 35.5 Å². The van der Waals surface area contributed by atoms with Gasteiger partial charge in [0.25, 0.3) is 0 Å². The number of aliphatic hydroxyl groups is 1. The zero-order valence-electron chi connectivity index (χ0n) is 50.7. The second-order valence-electron chi connectivity index (χ2n) is 23.2. The summed E-state index contributed by atoms with van der Waals surface area (Å²) in [6.45, 7) is 10.9. The van der Waals surface area contributed by atoms with Gasteiger partial charge >= 0.3 is 0 Å². The lowest BCUT2D eigenvalue weighted by atomic mass is 9.85. The number of nitrogens with one attached hydrogen (secondary N) is 4. The number of ether oxygens (including phenoxy) is 1. The molecule has 20 nitrogen and oxygen atoms in total. The van der Waals surface area contributed by atoms with Crippen LogP contribution in [-0.2, 0) is 37.6 Å². The van der Waals surface area contributed by atoms with Gasteiger partial charge in [-0.3, -0.25) is 24.0 Å². The highest BCUT2D eigenvalue weighted by atomic mass is 32.1. The second-order valence-corrected chi connectivity index (χ2v) is 24.0. The van der Waals surface area contributed by atoms with Gasteiger partial charge in [-0.1, -0.05) is 82.2 Å². The number of thiazole rings is 1. The number of likely N-dealkylation sites (tertiary alicyclic amines) is 1. The normalized spacial score (nSPS) is 14.8. The molecule has 4 heterocycles. The summed E-state index contributed by atoms with van der Waals surface area (Å²) >= 11 is 1.57.